The van der Waals surface area contributed by atoms with Crippen LogP contribution in [0.4, 0.5) is 5.69 Å². The highest BCUT2D eigenvalue weighted by Gasteiger charge is 2.15. The molecule has 0 bridgehead atoms. The number of rotatable bonds is 2. The first-order valence-corrected chi connectivity index (χ1v) is 6.24. The molecule has 0 aliphatic heterocycles. The fraction of sp³-hybridized carbons (Fsp3) is 0.167. The Balaban J connectivity index is 2.22. The van der Waals surface area contributed by atoms with Crippen LogP contribution in [0.25, 0.3) is 0 Å². The molecule has 0 fully saturated rings. The van der Waals surface area contributed by atoms with Gasteiger partial charge in [-0.15, -0.1) is 0 Å². The monoisotopic (exact) mass is 261 g/mol. The van der Waals surface area contributed by atoms with Gasteiger partial charge >= 0.3 is 0 Å². The van der Waals surface area contributed by atoms with Crippen LogP contribution in [0.1, 0.15) is 27.5 Å². The largest absolute Gasteiger partial charge is 0.322 e. The number of para-hydroxylation sites is 1. The van der Waals surface area contributed by atoms with Gasteiger partial charge in [0.25, 0.3) is 5.91 Å². The van der Waals surface area contributed by atoms with Crippen LogP contribution in [-0.4, -0.2) is 21.4 Å². The average Bonchev–Trinajstić information content (AvgIpc) is 2.73. The second kappa shape index (κ2) is 5.10. The Hall–Kier alpha value is -2.00. The molecule has 1 aromatic carbocycles. The molecule has 5 nitrogen and oxygen atoms in total. The topological polar surface area (TPSA) is 64.0 Å². The van der Waals surface area contributed by atoms with Crippen LogP contribution in [0, 0.1) is 6.92 Å². The van der Waals surface area contributed by atoms with Crippen LogP contribution < -0.4 is 5.32 Å². The third kappa shape index (κ3) is 2.63. The van der Waals surface area contributed by atoms with E-state index in [9.17, 15) is 9.59 Å². The molecule has 1 heterocycles. The number of nitrogens with zero attached hydrogens (tertiary/aromatic N) is 2. The van der Waals surface area contributed by atoms with Crippen molar-refractivity contribution >= 4 is 25.9 Å². The summed E-state index contributed by atoms with van der Waals surface area (Å²) >= 11 is 0. The van der Waals surface area contributed by atoms with Crippen LogP contribution in [0.5, 0.6) is 0 Å². The summed E-state index contributed by atoms with van der Waals surface area (Å²) in [5, 5.41) is 7.29. The van der Waals surface area contributed by atoms with E-state index >= 15 is 0 Å². The Morgan fingerprint density at radius 3 is 2.50 bits per heavy atom. The quantitative estimate of drug-likeness (QED) is 0.903. The minimum absolute atomic E-state index is 0.182. The van der Waals surface area contributed by atoms with E-state index < -0.39 is 0 Å². The van der Waals surface area contributed by atoms with Gasteiger partial charge in [0.15, 0.2) is 0 Å². The number of hydrogen-bond acceptors (Lipinski definition) is 3. The summed E-state index contributed by atoms with van der Waals surface area (Å²) in [7, 11) is 0.504. The summed E-state index contributed by atoms with van der Waals surface area (Å²) in [4.78, 5) is 23.2. The van der Waals surface area contributed by atoms with Crippen LogP contribution in [0.15, 0.2) is 30.3 Å². The van der Waals surface area contributed by atoms with E-state index in [1.165, 1.54) is 11.4 Å². The van der Waals surface area contributed by atoms with Crippen molar-refractivity contribution in [1.29, 1.82) is 0 Å². The number of benzene rings is 1. The Morgan fingerprint density at radius 1 is 1.28 bits per heavy atom. The third-order valence-electron chi connectivity index (χ3n) is 2.31. The zero-order chi connectivity index (χ0) is 13.1. The predicted octanol–water partition coefficient (Wildman–Crippen LogP) is 2.68. The zero-order valence-corrected chi connectivity index (χ0v) is 10.9. The number of carbonyl (C=O) groups excluding carboxylic acids is 2. The molecule has 0 spiro atoms. The molecule has 1 aromatic heterocycles. The summed E-state index contributed by atoms with van der Waals surface area (Å²) in [5.74, 6) is -0.411. The summed E-state index contributed by atoms with van der Waals surface area (Å²) in [5.41, 5.74) is 1.29. The third-order valence-corrected chi connectivity index (χ3v) is 3.60. The number of amides is 1. The lowest BCUT2D eigenvalue weighted by Crippen LogP contribution is -2.10. The van der Waals surface area contributed by atoms with Gasteiger partial charge in [-0.25, -0.2) is 0 Å². The Bertz CT molecular complexity index is 593. The molecule has 1 amide bonds. The van der Waals surface area contributed by atoms with Gasteiger partial charge < -0.3 is 5.32 Å². The lowest BCUT2D eigenvalue weighted by Gasteiger charge is -2.02. The summed E-state index contributed by atoms with van der Waals surface area (Å²) in [6.45, 7) is 3.14. The molecule has 92 valence electrons. The first kappa shape index (κ1) is 12.5. The van der Waals surface area contributed by atoms with Crippen molar-refractivity contribution in [1.82, 2.24) is 9.54 Å². The standard InChI is InChI=1S/C12H12N3O2P/c1-8-11(18-15(14-8)9(2)16)12(17)13-10-6-4-3-5-7-10/h3-7H,1-2H3,(H,13,17). The summed E-state index contributed by atoms with van der Waals surface area (Å²) in [6, 6.07) is 9.17. The molecule has 1 N–H and O–H groups in total. The van der Waals surface area contributed by atoms with Gasteiger partial charge in [0.2, 0.25) is 5.91 Å². The van der Waals surface area contributed by atoms with Crippen molar-refractivity contribution in [3.63, 3.8) is 0 Å². The fourth-order valence-electron chi connectivity index (χ4n) is 1.44. The first-order valence-electron chi connectivity index (χ1n) is 5.39. The van der Waals surface area contributed by atoms with Crippen LogP contribution in [-0.2, 0) is 0 Å². The maximum atomic E-state index is 12.0. The van der Waals surface area contributed by atoms with E-state index in [0.29, 0.717) is 19.3 Å². The van der Waals surface area contributed by atoms with Gasteiger partial charge in [0.05, 0.1) is 14.0 Å². The number of hydrogen-bond donors (Lipinski definition) is 1. The lowest BCUT2D eigenvalue weighted by molar-refractivity contribution is 0.0934. The molecule has 6 heteroatoms. The minimum Gasteiger partial charge on any atom is -0.322 e. The maximum absolute atomic E-state index is 12.0. The molecule has 0 saturated carbocycles. The molecule has 0 radical (unpaired) electrons. The van der Waals surface area contributed by atoms with Crippen molar-refractivity contribution in [2.24, 2.45) is 0 Å². The van der Waals surface area contributed by atoms with Crippen molar-refractivity contribution < 1.29 is 9.59 Å². The van der Waals surface area contributed by atoms with E-state index in [-0.39, 0.29) is 11.8 Å². The highest BCUT2D eigenvalue weighted by molar-refractivity contribution is 7.29. The van der Waals surface area contributed by atoms with Gasteiger partial charge in [-0.3, -0.25) is 9.59 Å². The molecule has 2 rings (SSSR count). The number of aryl methyl sites for hydroxylation is 1. The van der Waals surface area contributed by atoms with Gasteiger partial charge in [-0.1, -0.05) is 18.2 Å². The zero-order valence-electron chi connectivity index (χ0n) is 10.0. The number of carbonyl (C=O) groups is 2. The number of anilines is 1. The smallest absolute Gasteiger partial charge is 0.263 e. The van der Waals surface area contributed by atoms with Crippen LogP contribution in [0.2, 0.25) is 0 Å². The van der Waals surface area contributed by atoms with E-state index in [0.717, 1.165) is 5.69 Å². The highest BCUT2D eigenvalue weighted by Crippen LogP contribution is 2.20. The molecule has 2 aromatic rings. The van der Waals surface area contributed by atoms with Crippen molar-refractivity contribution in [3.05, 3.63) is 41.3 Å². The van der Waals surface area contributed by atoms with Crippen molar-refractivity contribution in [3.8, 4) is 0 Å². The molecule has 0 aliphatic rings. The Labute approximate surface area is 106 Å². The Kier molecular flexibility index (Phi) is 3.53. The van der Waals surface area contributed by atoms with Crippen molar-refractivity contribution in [2.45, 2.75) is 13.8 Å². The maximum Gasteiger partial charge on any atom is 0.263 e. The summed E-state index contributed by atoms with van der Waals surface area (Å²) in [6.07, 6.45) is 0. The second-order valence-electron chi connectivity index (χ2n) is 3.76. The molecule has 0 aliphatic carbocycles. The normalized spacial score (nSPS) is 10.6. The van der Waals surface area contributed by atoms with Gasteiger partial charge in [-0.2, -0.15) is 9.54 Å². The SMILES string of the molecule is CC(=O)n1nc(C)c(C(=O)Nc2ccccc2)p1. The molecule has 0 saturated heterocycles. The van der Waals surface area contributed by atoms with E-state index in [1.807, 2.05) is 18.2 Å². The Morgan fingerprint density at radius 2 is 1.94 bits per heavy atom. The number of aromatic nitrogens is 2. The number of nitrogens with one attached hydrogen (secondary N) is 1. The summed E-state index contributed by atoms with van der Waals surface area (Å²) < 4.78 is 1.26. The second-order valence-corrected chi connectivity index (χ2v) is 4.79. The first-order chi connectivity index (χ1) is 8.58. The van der Waals surface area contributed by atoms with Gasteiger partial charge in [0.1, 0.15) is 5.30 Å². The average molecular weight is 261 g/mol. The molecule has 0 atom stereocenters. The molecular weight excluding hydrogens is 249 g/mol. The van der Waals surface area contributed by atoms with E-state index in [4.69, 9.17) is 0 Å². The van der Waals surface area contributed by atoms with Crippen molar-refractivity contribution in [2.75, 3.05) is 5.32 Å². The molecule has 0 unspecified atom stereocenters. The molecule has 18 heavy (non-hydrogen) atoms. The van der Waals surface area contributed by atoms with Gasteiger partial charge in [0, 0.05) is 12.6 Å². The van der Waals surface area contributed by atoms with Crippen LogP contribution >= 0.6 is 8.35 Å². The predicted molar refractivity (Wildman–Crippen MR) is 70.2 cm³/mol. The van der Waals surface area contributed by atoms with E-state index in [2.05, 4.69) is 10.4 Å². The fourth-order valence-corrected chi connectivity index (χ4v) is 2.29. The van der Waals surface area contributed by atoms with E-state index in [1.54, 1.807) is 19.1 Å². The lowest BCUT2D eigenvalue weighted by atomic mass is 10.3. The van der Waals surface area contributed by atoms with Crippen LogP contribution in [0.3, 0.4) is 0 Å². The van der Waals surface area contributed by atoms with Gasteiger partial charge in [-0.05, 0) is 19.1 Å². The molecular formula is C12H12N3O2P. The highest BCUT2D eigenvalue weighted by atomic mass is 31.0. The minimum atomic E-state index is -0.229.